The van der Waals surface area contributed by atoms with Gasteiger partial charge < -0.3 is 11.5 Å². The van der Waals surface area contributed by atoms with Crippen molar-refractivity contribution < 1.29 is 0 Å². The second-order valence-corrected chi connectivity index (χ2v) is 3.85. The third-order valence-corrected chi connectivity index (χ3v) is 2.63. The summed E-state index contributed by atoms with van der Waals surface area (Å²) in [4.78, 5) is 4.06. The van der Waals surface area contributed by atoms with Gasteiger partial charge in [-0.1, -0.05) is 0 Å². The van der Waals surface area contributed by atoms with Crippen LogP contribution in [0.3, 0.4) is 0 Å². The number of anilines is 1. The fourth-order valence-electron chi connectivity index (χ4n) is 1.76. The molecule has 16 heavy (non-hydrogen) atoms. The molecular weight excluding hydrogens is 202 g/mol. The molecular formula is C11H15N5. The van der Waals surface area contributed by atoms with Crippen LogP contribution in [-0.4, -0.2) is 14.8 Å². The van der Waals surface area contributed by atoms with Crippen molar-refractivity contribution in [3.8, 4) is 0 Å². The monoisotopic (exact) mass is 217 g/mol. The molecule has 2 rings (SSSR count). The van der Waals surface area contributed by atoms with Crippen LogP contribution >= 0.6 is 0 Å². The van der Waals surface area contributed by atoms with Crippen LogP contribution in [0.5, 0.6) is 0 Å². The van der Waals surface area contributed by atoms with Crippen LogP contribution in [0, 0.1) is 6.92 Å². The van der Waals surface area contributed by atoms with Crippen LogP contribution in [0.4, 0.5) is 5.82 Å². The molecule has 0 fully saturated rings. The molecule has 0 amide bonds. The molecule has 0 aliphatic rings. The predicted molar refractivity (Wildman–Crippen MR) is 62.6 cm³/mol. The third kappa shape index (κ3) is 1.77. The van der Waals surface area contributed by atoms with E-state index < -0.39 is 0 Å². The van der Waals surface area contributed by atoms with Gasteiger partial charge in [-0.25, -0.2) is 4.98 Å². The summed E-state index contributed by atoms with van der Waals surface area (Å²) in [5, 5.41) is 4.10. The van der Waals surface area contributed by atoms with E-state index in [0.29, 0.717) is 5.82 Å². The van der Waals surface area contributed by atoms with Gasteiger partial charge in [-0.15, -0.1) is 0 Å². The number of rotatable bonds is 2. The number of nitrogens with two attached hydrogens (primary N) is 2. The Morgan fingerprint density at radius 2 is 2.19 bits per heavy atom. The highest BCUT2D eigenvalue weighted by molar-refractivity contribution is 5.49. The first-order valence-corrected chi connectivity index (χ1v) is 5.04. The lowest BCUT2D eigenvalue weighted by Gasteiger charge is -2.14. The van der Waals surface area contributed by atoms with E-state index >= 15 is 0 Å². The molecule has 1 atom stereocenters. The SMILES string of the molecule is Cc1ccnc(N)c1C(N)c1cnn(C)c1. The number of pyridine rings is 1. The summed E-state index contributed by atoms with van der Waals surface area (Å²) in [5.41, 5.74) is 14.9. The minimum Gasteiger partial charge on any atom is -0.383 e. The van der Waals surface area contributed by atoms with E-state index in [1.54, 1.807) is 17.1 Å². The Hall–Kier alpha value is -1.88. The molecule has 0 aromatic carbocycles. The number of nitrogen functional groups attached to an aromatic ring is 1. The zero-order valence-corrected chi connectivity index (χ0v) is 9.38. The summed E-state index contributed by atoms with van der Waals surface area (Å²) in [6, 6.07) is 1.63. The molecule has 84 valence electrons. The van der Waals surface area contributed by atoms with Crippen LogP contribution in [0.15, 0.2) is 24.7 Å². The van der Waals surface area contributed by atoms with Gasteiger partial charge in [-0.05, 0) is 18.6 Å². The molecule has 0 saturated heterocycles. The summed E-state index contributed by atoms with van der Waals surface area (Å²) in [6.45, 7) is 1.98. The summed E-state index contributed by atoms with van der Waals surface area (Å²) in [6.07, 6.45) is 5.32. The van der Waals surface area contributed by atoms with Crippen LogP contribution in [0.25, 0.3) is 0 Å². The van der Waals surface area contributed by atoms with E-state index in [-0.39, 0.29) is 6.04 Å². The van der Waals surface area contributed by atoms with Crippen LogP contribution in [0.2, 0.25) is 0 Å². The standard InChI is InChI=1S/C11H15N5/c1-7-3-4-14-11(13)9(7)10(12)8-5-15-16(2)6-8/h3-6,10H,12H2,1-2H3,(H2,13,14). The number of aromatic nitrogens is 3. The Kier molecular flexibility index (Phi) is 2.62. The fourth-order valence-corrected chi connectivity index (χ4v) is 1.76. The lowest BCUT2D eigenvalue weighted by atomic mass is 9.99. The largest absolute Gasteiger partial charge is 0.383 e. The lowest BCUT2D eigenvalue weighted by molar-refractivity contribution is 0.764. The van der Waals surface area contributed by atoms with Crippen molar-refractivity contribution in [3.05, 3.63) is 41.3 Å². The zero-order valence-electron chi connectivity index (χ0n) is 9.38. The number of hydrogen-bond donors (Lipinski definition) is 2. The van der Waals surface area contributed by atoms with Gasteiger partial charge >= 0.3 is 0 Å². The van der Waals surface area contributed by atoms with E-state index in [0.717, 1.165) is 16.7 Å². The highest BCUT2D eigenvalue weighted by Gasteiger charge is 2.16. The first-order chi connectivity index (χ1) is 7.59. The smallest absolute Gasteiger partial charge is 0.128 e. The molecule has 0 spiro atoms. The number of nitrogens with zero attached hydrogens (tertiary/aromatic N) is 3. The summed E-state index contributed by atoms with van der Waals surface area (Å²) in [5.74, 6) is 0.483. The van der Waals surface area contributed by atoms with Crippen LogP contribution < -0.4 is 11.5 Å². The molecule has 2 aromatic rings. The normalized spacial score (nSPS) is 12.7. The molecule has 0 aliphatic heterocycles. The second kappa shape index (κ2) is 3.94. The Balaban J connectivity index is 2.45. The summed E-state index contributed by atoms with van der Waals surface area (Å²) < 4.78 is 1.72. The minimum atomic E-state index is -0.276. The molecule has 2 aromatic heterocycles. The molecule has 0 saturated carbocycles. The van der Waals surface area contributed by atoms with Crippen molar-refractivity contribution in [2.24, 2.45) is 12.8 Å². The molecule has 0 aliphatic carbocycles. The molecule has 0 bridgehead atoms. The van der Waals surface area contributed by atoms with Gasteiger partial charge in [0.2, 0.25) is 0 Å². The van der Waals surface area contributed by atoms with E-state index in [4.69, 9.17) is 11.5 Å². The maximum Gasteiger partial charge on any atom is 0.128 e. The van der Waals surface area contributed by atoms with Crippen molar-refractivity contribution >= 4 is 5.82 Å². The van der Waals surface area contributed by atoms with Crippen LogP contribution in [-0.2, 0) is 7.05 Å². The molecule has 1 unspecified atom stereocenters. The molecule has 2 heterocycles. The van der Waals surface area contributed by atoms with E-state index in [1.165, 1.54) is 0 Å². The minimum absolute atomic E-state index is 0.276. The fraction of sp³-hybridized carbons (Fsp3) is 0.273. The average molecular weight is 217 g/mol. The average Bonchev–Trinajstić information content (AvgIpc) is 2.64. The maximum absolute atomic E-state index is 6.16. The summed E-state index contributed by atoms with van der Waals surface area (Å²) >= 11 is 0. The summed E-state index contributed by atoms with van der Waals surface area (Å²) in [7, 11) is 1.86. The van der Waals surface area contributed by atoms with Gasteiger partial charge in [-0.3, -0.25) is 4.68 Å². The Morgan fingerprint density at radius 1 is 1.44 bits per heavy atom. The van der Waals surface area contributed by atoms with Gasteiger partial charge in [0.1, 0.15) is 5.82 Å². The number of aryl methyl sites for hydroxylation is 2. The quantitative estimate of drug-likeness (QED) is 0.777. The van der Waals surface area contributed by atoms with Crippen molar-refractivity contribution in [1.82, 2.24) is 14.8 Å². The first-order valence-electron chi connectivity index (χ1n) is 5.04. The van der Waals surface area contributed by atoms with Crippen molar-refractivity contribution in [1.29, 1.82) is 0 Å². The van der Waals surface area contributed by atoms with Gasteiger partial charge in [-0.2, -0.15) is 5.10 Å². The van der Waals surface area contributed by atoms with Crippen molar-refractivity contribution in [2.75, 3.05) is 5.73 Å². The topological polar surface area (TPSA) is 82.8 Å². The predicted octanol–water partition coefficient (Wildman–Crippen LogP) is 0.754. The van der Waals surface area contributed by atoms with Crippen molar-refractivity contribution in [2.45, 2.75) is 13.0 Å². The third-order valence-electron chi connectivity index (χ3n) is 2.63. The van der Waals surface area contributed by atoms with Gasteiger partial charge in [0.05, 0.1) is 12.2 Å². The van der Waals surface area contributed by atoms with E-state index in [2.05, 4.69) is 10.1 Å². The molecule has 5 heteroatoms. The highest BCUT2D eigenvalue weighted by atomic mass is 15.2. The van der Waals surface area contributed by atoms with E-state index in [1.807, 2.05) is 26.2 Å². The molecule has 0 radical (unpaired) electrons. The lowest BCUT2D eigenvalue weighted by Crippen LogP contribution is -2.15. The molecule has 4 N–H and O–H groups in total. The highest BCUT2D eigenvalue weighted by Crippen LogP contribution is 2.25. The Labute approximate surface area is 94.1 Å². The van der Waals surface area contributed by atoms with Gasteiger partial charge in [0.15, 0.2) is 0 Å². The zero-order chi connectivity index (χ0) is 11.7. The van der Waals surface area contributed by atoms with E-state index in [9.17, 15) is 0 Å². The maximum atomic E-state index is 6.16. The molecule has 5 nitrogen and oxygen atoms in total. The Morgan fingerprint density at radius 3 is 2.75 bits per heavy atom. The second-order valence-electron chi connectivity index (χ2n) is 3.85. The number of hydrogen-bond acceptors (Lipinski definition) is 4. The van der Waals surface area contributed by atoms with Crippen LogP contribution in [0.1, 0.15) is 22.7 Å². The van der Waals surface area contributed by atoms with Gasteiger partial charge in [0, 0.05) is 30.6 Å². The van der Waals surface area contributed by atoms with Gasteiger partial charge in [0.25, 0.3) is 0 Å². The first kappa shape index (κ1) is 10.6. The Bertz CT molecular complexity index is 483. The van der Waals surface area contributed by atoms with Crippen molar-refractivity contribution in [3.63, 3.8) is 0 Å².